The highest BCUT2D eigenvalue weighted by Crippen LogP contribution is 2.28. The van der Waals surface area contributed by atoms with Crippen molar-refractivity contribution < 1.29 is 18.0 Å². The minimum atomic E-state index is -4.82. The summed E-state index contributed by atoms with van der Waals surface area (Å²) in [6, 6.07) is 4.21. The molecule has 1 aromatic heterocycles. The van der Waals surface area contributed by atoms with Crippen LogP contribution in [0.4, 0.5) is 13.2 Å². The van der Waals surface area contributed by atoms with Crippen LogP contribution >= 0.6 is 11.6 Å². The van der Waals surface area contributed by atoms with E-state index >= 15 is 0 Å². The van der Waals surface area contributed by atoms with Gasteiger partial charge in [-0.05, 0) is 30.7 Å². The summed E-state index contributed by atoms with van der Waals surface area (Å²) in [7, 11) is 1.40. The summed E-state index contributed by atoms with van der Waals surface area (Å²) in [6.45, 7) is 1.18. The molecule has 0 unspecified atom stereocenters. The molecule has 0 aliphatic heterocycles. The molecule has 0 amide bonds. The van der Waals surface area contributed by atoms with E-state index in [1.54, 1.807) is 4.98 Å². The maximum atomic E-state index is 12.8. The molecule has 10 heteroatoms. The molecule has 2 aromatic rings. The van der Waals surface area contributed by atoms with Crippen LogP contribution in [-0.4, -0.2) is 16.7 Å². The molecule has 0 saturated heterocycles. The number of rotatable bonds is 4. The molecule has 130 valence electrons. The highest BCUT2D eigenvalue weighted by atomic mass is 35.5. The molecule has 0 bridgehead atoms. The summed E-state index contributed by atoms with van der Waals surface area (Å²) in [4.78, 5) is 30.6. The van der Waals surface area contributed by atoms with Gasteiger partial charge < -0.3 is 9.82 Å². The number of alkyl halides is 3. The van der Waals surface area contributed by atoms with Gasteiger partial charge in [0.05, 0.1) is 12.8 Å². The number of aromatic amines is 1. The van der Waals surface area contributed by atoms with Crippen LogP contribution < -0.4 is 16.7 Å². The lowest BCUT2D eigenvalue weighted by Crippen LogP contribution is -2.38. The molecule has 0 atom stereocenters. The Morgan fingerprint density at radius 2 is 2.00 bits per heavy atom. The van der Waals surface area contributed by atoms with Crippen molar-refractivity contribution in [3.05, 3.63) is 60.9 Å². The van der Waals surface area contributed by atoms with Crippen LogP contribution in [0.5, 0.6) is 0 Å². The smallest absolute Gasteiger partial charge is 0.305 e. The fourth-order valence-electron chi connectivity index (χ4n) is 2.13. The van der Waals surface area contributed by atoms with Crippen LogP contribution in [0.2, 0.25) is 5.02 Å². The fourth-order valence-corrected chi connectivity index (χ4v) is 2.31. The molecule has 0 saturated carbocycles. The summed E-state index contributed by atoms with van der Waals surface area (Å²) in [6.07, 6.45) is -4.82. The van der Waals surface area contributed by atoms with Crippen molar-refractivity contribution in [2.45, 2.75) is 19.6 Å². The van der Waals surface area contributed by atoms with Gasteiger partial charge in [-0.25, -0.2) is 9.36 Å². The van der Waals surface area contributed by atoms with Gasteiger partial charge in [0.1, 0.15) is 5.69 Å². The SMILES string of the molecule is CONCc1cc(-n2c(=O)[nH]c(C(F)(F)F)c(C)c2=O)ccc1Cl. The Hall–Kier alpha value is -2.10. The summed E-state index contributed by atoms with van der Waals surface area (Å²) in [5.41, 5.74) is -1.07. The Morgan fingerprint density at radius 3 is 2.58 bits per heavy atom. The first-order chi connectivity index (χ1) is 11.2. The Morgan fingerprint density at radius 1 is 1.33 bits per heavy atom. The van der Waals surface area contributed by atoms with Crippen LogP contribution in [-0.2, 0) is 17.6 Å². The molecule has 0 aliphatic rings. The third-order valence-corrected chi connectivity index (χ3v) is 3.68. The highest BCUT2D eigenvalue weighted by Gasteiger charge is 2.35. The topological polar surface area (TPSA) is 76.1 Å². The van der Waals surface area contributed by atoms with Gasteiger partial charge in [0, 0.05) is 17.1 Å². The second kappa shape index (κ2) is 6.80. The fraction of sp³-hybridized carbons (Fsp3) is 0.286. The van der Waals surface area contributed by atoms with Crippen LogP contribution in [0.25, 0.3) is 5.69 Å². The average molecular weight is 364 g/mol. The normalized spacial score (nSPS) is 11.8. The quantitative estimate of drug-likeness (QED) is 0.816. The predicted octanol–water partition coefficient (Wildman–Crippen LogP) is 2.16. The number of hydrogen-bond donors (Lipinski definition) is 2. The van der Waals surface area contributed by atoms with Gasteiger partial charge in [0.15, 0.2) is 0 Å². The van der Waals surface area contributed by atoms with Crippen LogP contribution in [0.1, 0.15) is 16.8 Å². The zero-order chi connectivity index (χ0) is 18.1. The van der Waals surface area contributed by atoms with Crippen LogP contribution in [0, 0.1) is 6.92 Å². The van der Waals surface area contributed by atoms with Gasteiger partial charge in [-0.1, -0.05) is 11.6 Å². The van der Waals surface area contributed by atoms with Crippen LogP contribution in [0.15, 0.2) is 27.8 Å². The number of halogens is 4. The molecule has 0 spiro atoms. The van der Waals surface area contributed by atoms with E-state index < -0.39 is 28.7 Å². The van der Waals surface area contributed by atoms with E-state index in [2.05, 4.69) is 5.48 Å². The van der Waals surface area contributed by atoms with E-state index in [1.165, 1.54) is 25.3 Å². The second-order valence-corrected chi connectivity index (χ2v) is 5.28. The number of hydroxylamine groups is 1. The van der Waals surface area contributed by atoms with E-state index in [1.807, 2.05) is 0 Å². The van der Waals surface area contributed by atoms with Crippen molar-refractivity contribution in [2.75, 3.05) is 7.11 Å². The average Bonchev–Trinajstić information content (AvgIpc) is 2.50. The van der Waals surface area contributed by atoms with Gasteiger partial charge in [0.25, 0.3) is 5.56 Å². The Kier molecular flexibility index (Phi) is 5.16. The van der Waals surface area contributed by atoms with Crippen LogP contribution in [0.3, 0.4) is 0 Å². The molecule has 0 fully saturated rings. The lowest BCUT2D eigenvalue weighted by molar-refractivity contribution is -0.142. The molecule has 1 heterocycles. The van der Waals surface area contributed by atoms with Gasteiger partial charge in [-0.2, -0.15) is 18.7 Å². The lowest BCUT2D eigenvalue weighted by atomic mass is 10.2. The summed E-state index contributed by atoms with van der Waals surface area (Å²) < 4.78 is 39.1. The van der Waals surface area contributed by atoms with E-state index in [0.717, 1.165) is 6.92 Å². The number of hydrogen-bond acceptors (Lipinski definition) is 4. The Bertz CT molecular complexity index is 874. The summed E-state index contributed by atoms with van der Waals surface area (Å²) >= 11 is 6.00. The molecule has 24 heavy (non-hydrogen) atoms. The zero-order valence-corrected chi connectivity index (χ0v) is 13.4. The van der Waals surface area contributed by atoms with Crippen molar-refractivity contribution in [3.63, 3.8) is 0 Å². The van der Waals surface area contributed by atoms with Gasteiger partial charge in [-0.3, -0.25) is 4.79 Å². The summed E-state index contributed by atoms with van der Waals surface area (Å²) in [5.74, 6) is 0. The number of nitrogens with zero attached hydrogens (tertiary/aromatic N) is 1. The molecular formula is C14H13ClF3N3O3. The number of aromatic nitrogens is 2. The Balaban J connectivity index is 2.64. The van der Waals surface area contributed by atoms with E-state index in [9.17, 15) is 22.8 Å². The van der Waals surface area contributed by atoms with E-state index in [4.69, 9.17) is 16.4 Å². The van der Waals surface area contributed by atoms with Crippen molar-refractivity contribution in [3.8, 4) is 5.69 Å². The largest absolute Gasteiger partial charge is 0.431 e. The van der Waals surface area contributed by atoms with E-state index in [0.29, 0.717) is 15.2 Å². The molecular weight excluding hydrogens is 351 g/mol. The second-order valence-electron chi connectivity index (χ2n) is 4.87. The van der Waals surface area contributed by atoms with Crippen molar-refractivity contribution >= 4 is 11.6 Å². The van der Waals surface area contributed by atoms with Gasteiger partial charge in [-0.15, -0.1) is 0 Å². The third-order valence-electron chi connectivity index (χ3n) is 3.31. The predicted molar refractivity (Wildman–Crippen MR) is 81.3 cm³/mol. The highest BCUT2D eigenvalue weighted by molar-refractivity contribution is 6.31. The maximum absolute atomic E-state index is 12.8. The number of benzene rings is 1. The first-order valence-corrected chi connectivity index (χ1v) is 7.02. The molecule has 1 aromatic carbocycles. The minimum absolute atomic E-state index is 0.0929. The van der Waals surface area contributed by atoms with Crippen molar-refractivity contribution in [1.29, 1.82) is 0 Å². The Labute approximate surface area is 138 Å². The summed E-state index contributed by atoms with van der Waals surface area (Å²) in [5, 5.41) is 0.344. The third kappa shape index (κ3) is 3.53. The lowest BCUT2D eigenvalue weighted by Gasteiger charge is -2.13. The standard InChI is InChI=1S/C14H13ClF3N3O3/c1-7-11(14(16,17)18)20-13(23)21(12(7)22)9-3-4-10(15)8(5-9)6-19-24-2/h3-5,19H,6H2,1-2H3,(H,20,23). The first kappa shape index (κ1) is 18.2. The maximum Gasteiger partial charge on any atom is 0.431 e. The molecule has 0 aliphatic carbocycles. The zero-order valence-electron chi connectivity index (χ0n) is 12.6. The molecule has 0 radical (unpaired) electrons. The first-order valence-electron chi connectivity index (χ1n) is 6.64. The van der Waals surface area contributed by atoms with Crippen molar-refractivity contribution in [1.82, 2.24) is 15.0 Å². The molecule has 2 rings (SSSR count). The monoisotopic (exact) mass is 363 g/mol. The van der Waals surface area contributed by atoms with Gasteiger partial charge in [0.2, 0.25) is 0 Å². The minimum Gasteiger partial charge on any atom is -0.305 e. The van der Waals surface area contributed by atoms with Crippen molar-refractivity contribution in [2.24, 2.45) is 0 Å². The number of H-pyrrole nitrogens is 1. The molecule has 6 nitrogen and oxygen atoms in total. The van der Waals surface area contributed by atoms with E-state index in [-0.39, 0.29) is 12.2 Å². The number of nitrogens with one attached hydrogen (secondary N) is 2. The molecule has 2 N–H and O–H groups in total. The van der Waals surface area contributed by atoms with Gasteiger partial charge >= 0.3 is 11.9 Å².